The molecule has 1 unspecified atom stereocenters. The van der Waals surface area contributed by atoms with Crippen LogP contribution in [0.5, 0.6) is 0 Å². The molecule has 0 spiro atoms. The fraction of sp³-hybridized carbons (Fsp3) is 0.821. The van der Waals surface area contributed by atoms with Crippen molar-refractivity contribution in [2.75, 3.05) is 6.61 Å². The van der Waals surface area contributed by atoms with Gasteiger partial charge in [-0.2, -0.15) is 21.6 Å². The van der Waals surface area contributed by atoms with Crippen molar-refractivity contribution in [3.63, 3.8) is 0 Å². The predicted octanol–water partition coefficient (Wildman–Crippen LogP) is 3.89. The Labute approximate surface area is 237 Å². The van der Waals surface area contributed by atoms with E-state index in [1.807, 2.05) is 13.8 Å². The van der Waals surface area contributed by atoms with Crippen LogP contribution in [-0.4, -0.2) is 49.8 Å². The van der Waals surface area contributed by atoms with Crippen molar-refractivity contribution < 1.29 is 50.3 Å². The van der Waals surface area contributed by atoms with E-state index in [9.17, 15) is 45.6 Å². The van der Waals surface area contributed by atoms with Crippen LogP contribution in [0.25, 0.3) is 0 Å². The summed E-state index contributed by atoms with van der Waals surface area (Å²) >= 11 is 0. The Morgan fingerprint density at radius 2 is 1.73 bits per heavy atom. The van der Waals surface area contributed by atoms with Gasteiger partial charge in [-0.15, -0.1) is 0 Å². The SMILES string of the molecule is C[C@H](CCC(=O)OCCC(=O)NS(=O)(=O)C(F)(F)F)[C@H]1CC[C@H]2[C@@H]3C(=O)C[C@@H]4CC(=O)CCC4(C)[C@H]3CC(=O)[C@]12C. The molecule has 230 valence electrons. The van der Waals surface area contributed by atoms with Crippen molar-refractivity contribution in [1.82, 2.24) is 4.72 Å². The summed E-state index contributed by atoms with van der Waals surface area (Å²) in [6.07, 6.45) is 3.38. The molecule has 0 aromatic carbocycles. The van der Waals surface area contributed by atoms with E-state index in [2.05, 4.69) is 6.92 Å². The first-order valence-electron chi connectivity index (χ1n) is 14.3. The highest BCUT2D eigenvalue weighted by molar-refractivity contribution is 7.90. The van der Waals surface area contributed by atoms with E-state index in [0.29, 0.717) is 38.5 Å². The highest BCUT2D eigenvalue weighted by Crippen LogP contribution is 2.66. The zero-order valence-electron chi connectivity index (χ0n) is 23.6. The number of amides is 1. The summed E-state index contributed by atoms with van der Waals surface area (Å²) in [5.74, 6) is -2.08. The summed E-state index contributed by atoms with van der Waals surface area (Å²) in [6.45, 7) is 5.49. The minimum absolute atomic E-state index is 0.00286. The molecule has 8 atom stereocenters. The normalized spacial score (nSPS) is 36.1. The first-order valence-corrected chi connectivity index (χ1v) is 15.8. The Balaban J connectivity index is 1.33. The maximum absolute atomic E-state index is 13.8. The van der Waals surface area contributed by atoms with Crippen molar-refractivity contribution in [2.45, 2.75) is 90.5 Å². The van der Waals surface area contributed by atoms with Crippen molar-refractivity contribution in [3.8, 4) is 0 Å². The third-order valence-corrected chi connectivity index (χ3v) is 12.0. The van der Waals surface area contributed by atoms with Crippen LogP contribution >= 0.6 is 0 Å². The molecule has 41 heavy (non-hydrogen) atoms. The van der Waals surface area contributed by atoms with Gasteiger partial charge in [0.05, 0.1) is 6.42 Å². The number of ether oxygens (including phenoxy) is 1. The molecular weight excluding hydrogens is 567 g/mol. The molecule has 0 radical (unpaired) electrons. The number of esters is 1. The lowest BCUT2D eigenvalue weighted by molar-refractivity contribution is -0.166. The topological polar surface area (TPSA) is 141 Å². The number of alkyl halides is 3. The molecule has 4 aliphatic carbocycles. The van der Waals surface area contributed by atoms with Gasteiger partial charge in [-0.3, -0.25) is 24.0 Å². The fourth-order valence-electron chi connectivity index (χ4n) is 8.53. The second-order valence-electron chi connectivity index (χ2n) is 12.9. The van der Waals surface area contributed by atoms with Crippen LogP contribution in [0.2, 0.25) is 0 Å². The Morgan fingerprint density at radius 3 is 2.39 bits per heavy atom. The van der Waals surface area contributed by atoms with E-state index in [-0.39, 0.29) is 64.7 Å². The number of fused-ring (bicyclic) bond motifs is 5. The number of nitrogens with one attached hydrogen (secondary N) is 1. The van der Waals surface area contributed by atoms with E-state index in [1.54, 1.807) is 0 Å². The first-order chi connectivity index (χ1) is 18.9. The maximum Gasteiger partial charge on any atom is 0.516 e. The summed E-state index contributed by atoms with van der Waals surface area (Å²) in [6, 6.07) is 0. The summed E-state index contributed by atoms with van der Waals surface area (Å²) in [7, 11) is -5.82. The van der Waals surface area contributed by atoms with Crippen LogP contribution in [0.1, 0.15) is 85.0 Å². The van der Waals surface area contributed by atoms with Gasteiger partial charge in [-0.05, 0) is 60.7 Å². The number of ketones is 3. The zero-order valence-corrected chi connectivity index (χ0v) is 24.4. The highest BCUT2D eigenvalue weighted by Gasteiger charge is 2.66. The van der Waals surface area contributed by atoms with Crippen LogP contribution in [0.4, 0.5) is 13.2 Å². The molecule has 0 bridgehead atoms. The van der Waals surface area contributed by atoms with Crippen LogP contribution in [0, 0.1) is 46.3 Å². The Kier molecular flexibility index (Phi) is 8.54. The third-order valence-electron chi connectivity index (χ3n) is 10.9. The molecule has 0 heterocycles. The monoisotopic (exact) mass is 605 g/mol. The van der Waals surface area contributed by atoms with Crippen LogP contribution in [0.3, 0.4) is 0 Å². The molecule has 4 saturated carbocycles. The molecule has 0 saturated heterocycles. The van der Waals surface area contributed by atoms with Gasteiger partial charge >= 0.3 is 21.5 Å². The van der Waals surface area contributed by atoms with E-state index >= 15 is 0 Å². The molecule has 1 N–H and O–H groups in total. The van der Waals surface area contributed by atoms with Gasteiger partial charge in [0.15, 0.2) is 0 Å². The molecule has 4 rings (SSSR count). The Morgan fingerprint density at radius 1 is 1.05 bits per heavy atom. The van der Waals surface area contributed by atoms with E-state index in [0.717, 1.165) is 17.6 Å². The second kappa shape index (κ2) is 11.1. The fourth-order valence-corrected chi connectivity index (χ4v) is 9.04. The van der Waals surface area contributed by atoms with Crippen molar-refractivity contribution in [2.24, 2.45) is 46.3 Å². The number of sulfonamides is 1. The molecule has 0 aliphatic heterocycles. The zero-order chi connectivity index (χ0) is 30.5. The van der Waals surface area contributed by atoms with Gasteiger partial charge < -0.3 is 4.74 Å². The van der Waals surface area contributed by atoms with E-state index < -0.39 is 45.9 Å². The van der Waals surface area contributed by atoms with E-state index in [1.165, 1.54) is 0 Å². The van der Waals surface area contributed by atoms with Gasteiger partial charge in [0.25, 0.3) is 0 Å². The summed E-state index contributed by atoms with van der Waals surface area (Å²) in [5, 5.41) is 0. The van der Waals surface area contributed by atoms with Gasteiger partial charge in [-0.25, -0.2) is 4.72 Å². The lowest BCUT2D eigenvalue weighted by Gasteiger charge is -2.58. The number of Topliss-reactive ketones (excluding diaryl/α,β-unsaturated/α-hetero) is 3. The first kappa shape index (κ1) is 31.6. The minimum atomic E-state index is -5.82. The third kappa shape index (κ3) is 5.71. The van der Waals surface area contributed by atoms with Crippen LogP contribution in [-0.2, 0) is 38.7 Å². The quantitative estimate of drug-likeness (QED) is 0.411. The lowest BCUT2D eigenvalue weighted by Crippen LogP contribution is -2.60. The molecule has 13 heteroatoms. The molecular formula is C28H38F3NO8S. The number of halogens is 3. The predicted molar refractivity (Wildman–Crippen MR) is 138 cm³/mol. The largest absolute Gasteiger partial charge is 0.516 e. The number of hydrogen-bond acceptors (Lipinski definition) is 8. The van der Waals surface area contributed by atoms with Crippen molar-refractivity contribution in [1.29, 1.82) is 0 Å². The average Bonchev–Trinajstić information content (AvgIpc) is 3.21. The van der Waals surface area contributed by atoms with Crippen molar-refractivity contribution in [3.05, 3.63) is 0 Å². The standard InChI is InChI=1S/C28H38F3NO8S/c1-15(4-7-24(37)40-11-9-23(36)32-41(38,39)28(29,30)31)18-5-6-19-25-20(14-22(35)27(18,19)3)26(2)10-8-17(33)12-16(26)13-21(25)34/h15-16,18-20,25H,4-14H2,1-3H3,(H,32,36)/t15-,16+,18-,19+,20+,25+,26?,27-/m1/s1. The van der Waals surface area contributed by atoms with E-state index in [4.69, 9.17) is 4.74 Å². The Bertz CT molecular complexity index is 1230. The van der Waals surface area contributed by atoms with Gasteiger partial charge in [0.2, 0.25) is 5.91 Å². The average molecular weight is 606 g/mol. The summed E-state index contributed by atoms with van der Waals surface area (Å²) in [4.78, 5) is 63.2. The molecule has 0 aromatic heterocycles. The number of carbonyl (C=O) groups is 5. The summed E-state index contributed by atoms with van der Waals surface area (Å²) in [5.41, 5.74) is -6.53. The smallest absolute Gasteiger partial charge is 0.465 e. The summed E-state index contributed by atoms with van der Waals surface area (Å²) < 4.78 is 64.8. The Hall–Kier alpha value is -2.31. The molecule has 4 aliphatic rings. The molecule has 9 nitrogen and oxygen atoms in total. The molecule has 4 fully saturated rings. The van der Waals surface area contributed by atoms with Gasteiger partial charge in [0.1, 0.15) is 24.0 Å². The van der Waals surface area contributed by atoms with Crippen molar-refractivity contribution >= 4 is 39.2 Å². The lowest BCUT2D eigenvalue weighted by atomic mass is 9.44. The number of rotatable bonds is 8. The number of carbonyl (C=O) groups excluding carboxylic acids is 5. The maximum atomic E-state index is 13.8. The second-order valence-corrected chi connectivity index (χ2v) is 14.6. The molecule has 1 amide bonds. The number of hydrogen-bond donors (Lipinski definition) is 1. The van der Waals surface area contributed by atoms with Gasteiger partial charge in [0, 0.05) is 43.4 Å². The van der Waals surface area contributed by atoms with Gasteiger partial charge in [-0.1, -0.05) is 20.8 Å². The molecule has 0 aromatic rings. The van der Waals surface area contributed by atoms with Crippen LogP contribution in [0.15, 0.2) is 0 Å². The van der Waals surface area contributed by atoms with Crippen LogP contribution < -0.4 is 4.72 Å². The minimum Gasteiger partial charge on any atom is -0.465 e. The highest BCUT2D eigenvalue weighted by atomic mass is 32.2.